The van der Waals surface area contributed by atoms with Gasteiger partial charge in [-0.2, -0.15) is 0 Å². The molecule has 3 heteroatoms. The molecule has 3 N–H and O–H groups in total. The molecular formula is C21H24N2O. The van der Waals surface area contributed by atoms with Gasteiger partial charge in [0.1, 0.15) is 0 Å². The van der Waals surface area contributed by atoms with E-state index >= 15 is 0 Å². The maximum Gasteiger partial charge on any atom is 0.234 e. The standard InChI is InChI=1S/C11H10.C10H14N2O/c1-9-5-4-7-10-6-2-3-8-11(9)10;1-12-9(10(11)13)7-8-5-3-2-4-6-8/h2-8H,1H3;2-6,9,12H,7H2,1H3,(H2,11,13). The van der Waals surface area contributed by atoms with E-state index in [2.05, 4.69) is 54.7 Å². The van der Waals surface area contributed by atoms with Crippen LogP contribution < -0.4 is 11.1 Å². The molecule has 24 heavy (non-hydrogen) atoms. The summed E-state index contributed by atoms with van der Waals surface area (Å²) in [5, 5.41) is 5.56. The van der Waals surface area contributed by atoms with Gasteiger partial charge >= 0.3 is 0 Å². The normalized spacial score (nSPS) is 11.4. The second-order valence-corrected chi connectivity index (χ2v) is 5.73. The summed E-state index contributed by atoms with van der Waals surface area (Å²) in [6.07, 6.45) is 0.646. The molecule has 3 nitrogen and oxygen atoms in total. The molecule has 0 aliphatic rings. The van der Waals surface area contributed by atoms with E-state index in [-0.39, 0.29) is 11.9 Å². The largest absolute Gasteiger partial charge is 0.368 e. The summed E-state index contributed by atoms with van der Waals surface area (Å²) in [6, 6.07) is 24.4. The van der Waals surface area contributed by atoms with Crippen molar-refractivity contribution in [1.29, 1.82) is 0 Å². The van der Waals surface area contributed by atoms with Gasteiger partial charge in [0.25, 0.3) is 0 Å². The Morgan fingerprint density at radius 2 is 1.58 bits per heavy atom. The van der Waals surface area contributed by atoms with Crippen molar-refractivity contribution in [2.24, 2.45) is 5.73 Å². The highest BCUT2D eigenvalue weighted by Gasteiger charge is 2.12. The van der Waals surface area contributed by atoms with Crippen molar-refractivity contribution < 1.29 is 4.79 Å². The maximum absolute atomic E-state index is 10.9. The van der Waals surface area contributed by atoms with Crippen LogP contribution in [-0.2, 0) is 11.2 Å². The molecule has 0 aromatic heterocycles. The van der Waals surface area contributed by atoms with Crippen molar-refractivity contribution in [2.45, 2.75) is 19.4 Å². The highest BCUT2D eigenvalue weighted by Crippen LogP contribution is 2.16. The lowest BCUT2D eigenvalue weighted by molar-refractivity contribution is -0.119. The zero-order valence-corrected chi connectivity index (χ0v) is 14.2. The van der Waals surface area contributed by atoms with E-state index in [0.717, 1.165) is 5.56 Å². The number of benzene rings is 3. The monoisotopic (exact) mass is 320 g/mol. The summed E-state index contributed by atoms with van der Waals surface area (Å²) in [5.41, 5.74) is 7.66. The van der Waals surface area contributed by atoms with E-state index in [9.17, 15) is 4.79 Å². The van der Waals surface area contributed by atoms with E-state index in [1.54, 1.807) is 7.05 Å². The van der Waals surface area contributed by atoms with Crippen LogP contribution >= 0.6 is 0 Å². The number of amides is 1. The first-order valence-corrected chi connectivity index (χ1v) is 8.06. The smallest absolute Gasteiger partial charge is 0.234 e. The summed E-state index contributed by atoms with van der Waals surface area (Å²) >= 11 is 0. The Labute approximate surface area is 143 Å². The van der Waals surface area contributed by atoms with Crippen LogP contribution in [0.1, 0.15) is 11.1 Å². The number of nitrogens with one attached hydrogen (secondary N) is 1. The Hall–Kier alpha value is -2.65. The number of primary amides is 1. The number of nitrogens with two attached hydrogens (primary N) is 1. The molecule has 0 saturated heterocycles. The Balaban J connectivity index is 0.000000175. The molecule has 0 heterocycles. The molecule has 3 aromatic rings. The van der Waals surface area contributed by atoms with Crippen molar-refractivity contribution in [2.75, 3.05) is 7.05 Å². The van der Waals surface area contributed by atoms with Gasteiger partial charge in [0.05, 0.1) is 6.04 Å². The fourth-order valence-corrected chi connectivity index (χ4v) is 2.58. The first kappa shape index (κ1) is 17.7. The molecule has 3 aromatic carbocycles. The Bertz CT molecular complexity index is 779. The van der Waals surface area contributed by atoms with E-state index in [4.69, 9.17) is 5.73 Å². The predicted molar refractivity (Wildman–Crippen MR) is 101 cm³/mol. The number of carbonyl (C=O) groups is 1. The lowest BCUT2D eigenvalue weighted by Crippen LogP contribution is -2.40. The fraction of sp³-hybridized carbons (Fsp3) is 0.190. The van der Waals surface area contributed by atoms with Crippen molar-refractivity contribution >= 4 is 16.7 Å². The lowest BCUT2D eigenvalue weighted by Gasteiger charge is -2.11. The van der Waals surface area contributed by atoms with Gasteiger partial charge in [0.2, 0.25) is 5.91 Å². The summed E-state index contributed by atoms with van der Waals surface area (Å²) < 4.78 is 0. The third-order valence-corrected chi connectivity index (χ3v) is 3.98. The number of hydrogen-bond acceptors (Lipinski definition) is 2. The zero-order valence-electron chi connectivity index (χ0n) is 14.2. The maximum atomic E-state index is 10.9. The van der Waals surface area contributed by atoms with Gasteiger partial charge < -0.3 is 11.1 Å². The lowest BCUT2D eigenvalue weighted by atomic mass is 10.1. The van der Waals surface area contributed by atoms with E-state index in [1.807, 2.05) is 30.3 Å². The van der Waals surface area contributed by atoms with Gasteiger partial charge in [0, 0.05) is 0 Å². The number of hydrogen-bond donors (Lipinski definition) is 2. The molecule has 0 fully saturated rings. The number of likely N-dealkylation sites (N-methyl/N-ethyl adjacent to an activating group) is 1. The Kier molecular flexibility index (Phi) is 6.52. The SMILES string of the molecule is CNC(Cc1ccccc1)C(N)=O.Cc1cccc2ccccc12. The summed E-state index contributed by atoms with van der Waals surface area (Å²) in [7, 11) is 1.73. The second kappa shape index (κ2) is 8.85. The van der Waals surface area contributed by atoms with Crippen LogP contribution in [0.4, 0.5) is 0 Å². The average Bonchev–Trinajstić information content (AvgIpc) is 2.61. The molecule has 3 rings (SSSR count). The number of fused-ring (bicyclic) bond motifs is 1. The summed E-state index contributed by atoms with van der Waals surface area (Å²) in [4.78, 5) is 10.9. The van der Waals surface area contributed by atoms with Gasteiger partial charge in [-0.05, 0) is 42.3 Å². The first-order valence-electron chi connectivity index (χ1n) is 8.06. The van der Waals surface area contributed by atoms with Crippen molar-refractivity contribution in [3.05, 3.63) is 83.9 Å². The van der Waals surface area contributed by atoms with E-state index in [1.165, 1.54) is 16.3 Å². The van der Waals surface area contributed by atoms with E-state index in [0.29, 0.717) is 6.42 Å². The quantitative estimate of drug-likeness (QED) is 0.773. The molecule has 0 spiro atoms. The van der Waals surface area contributed by atoms with Crippen LogP contribution in [0.5, 0.6) is 0 Å². The number of carbonyl (C=O) groups excluding carboxylic acids is 1. The molecule has 1 atom stereocenters. The van der Waals surface area contributed by atoms with Crippen LogP contribution in [0.25, 0.3) is 10.8 Å². The Morgan fingerprint density at radius 1 is 0.958 bits per heavy atom. The molecule has 1 amide bonds. The van der Waals surface area contributed by atoms with Gasteiger partial charge in [-0.15, -0.1) is 0 Å². The van der Waals surface area contributed by atoms with Crippen molar-refractivity contribution in [3.63, 3.8) is 0 Å². The summed E-state index contributed by atoms with van der Waals surface area (Å²) in [5.74, 6) is -0.314. The third-order valence-electron chi connectivity index (χ3n) is 3.98. The van der Waals surface area contributed by atoms with Gasteiger partial charge in [-0.25, -0.2) is 0 Å². The molecule has 0 bridgehead atoms. The fourth-order valence-electron chi connectivity index (χ4n) is 2.58. The predicted octanol–water partition coefficient (Wildman–Crippen LogP) is 3.45. The van der Waals surface area contributed by atoms with Gasteiger partial charge in [0.15, 0.2) is 0 Å². The van der Waals surface area contributed by atoms with Crippen molar-refractivity contribution in [3.8, 4) is 0 Å². The molecule has 0 aliphatic carbocycles. The van der Waals surface area contributed by atoms with E-state index < -0.39 is 0 Å². The minimum absolute atomic E-state index is 0.276. The topological polar surface area (TPSA) is 55.1 Å². The highest BCUT2D eigenvalue weighted by molar-refractivity contribution is 5.85. The Morgan fingerprint density at radius 3 is 2.21 bits per heavy atom. The minimum Gasteiger partial charge on any atom is -0.368 e. The first-order chi connectivity index (χ1) is 11.6. The molecule has 1 unspecified atom stereocenters. The number of rotatable bonds is 4. The molecule has 0 radical (unpaired) electrons. The van der Waals surface area contributed by atoms with Crippen LogP contribution in [-0.4, -0.2) is 19.0 Å². The summed E-state index contributed by atoms with van der Waals surface area (Å²) in [6.45, 7) is 2.14. The third kappa shape index (κ3) is 4.93. The minimum atomic E-state index is -0.314. The van der Waals surface area contributed by atoms with Crippen LogP contribution in [0, 0.1) is 6.92 Å². The van der Waals surface area contributed by atoms with Crippen LogP contribution in [0.2, 0.25) is 0 Å². The number of aryl methyl sites for hydroxylation is 1. The molecular weight excluding hydrogens is 296 g/mol. The van der Waals surface area contributed by atoms with Crippen LogP contribution in [0.15, 0.2) is 72.8 Å². The molecule has 124 valence electrons. The zero-order chi connectivity index (χ0) is 17.4. The van der Waals surface area contributed by atoms with Crippen LogP contribution in [0.3, 0.4) is 0 Å². The highest BCUT2D eigenvalue weighted by atomic mass is 16.1. The average molecular weight is 320 g/mol. The molecule has 0 aliphatic heterocycles. The second-order valence-electron chi connectivity index (χ2n) is 5.73. The van der Waals surface area contributed by atoms with Gasteiger partial charge in [-0.3, -0.25) is 4.79 Å². The van der Waals surface area contributed by atoms with Gasteiger partial charge in [-0.1, -0.05) is 72.8 Å². The van der Waals surface area contributed by atoms with Crippen molar-refractivity contribution in [1.82, 2.24) is 5.32 Å². The molecule has 0 saturated carbocycles.